The van der Waals surface area contributed by atoms with Crippen LogP contribution in [0, 0.1) is 0 Å². The average molecular weight is 307 g/mol. The number of nitrogens with two attached hydrogens (primary N) is 1. The van der Waals surface area contributed by atoms with Crippen LogP contribution in [0.15, 0.2) is 6.07 Å². The lowest BCUT2D eigenvalue weighted by Gasteiger charge is -2.13. The van der Waals surface area contributed by atoms with Gasteiger partial charge in [0.1, 0.15) is 5.82 Å². The summed E-state index contributed by atoms with van der Waals surface area (Å²) in [5, 5.41) is 6.39. The number of hydrogen-bond acceptors (Lipinski definition) is 5. The largest absolute Gasteiger partial charge is 0.367 e. The van der Waals surface area contributed by atoms with E-state index in [4.69, 9.17) is 29.0 Å². The van der Waals surface area contributed by atoms with Crippen LogP contribution >= 0.6 is 23.2 Å². The number of anilines is 2. The summed E-state index contributed by atoms with van der Waals surface area (Å²) >= 11 is 11.8. The second-order valence-corrected chi connectivity index (χ2v) is 4.66. The van der Waals surface area contributed by atoms with E-state index in [1.807, 2.05) is 0 Å². The number of nitrogen functional groups attached to an aromatic ring is 1. The zero-order chi connectivity index (χ0) is 14.4. The molecule has 1 aromatic rings. The molecule has 0 aliphatic heterocycles. The quantitative estimate of drug-likeness (QED) is 0.374. The molecule has 0 aliphatic carbocycles. The van der Waals surface area contributed by atoms with Crippen molar-refractivity contribution >= 4 is 40.9 Å². The molecule has 9 heteroatoms. The lowest BCUT2D eigenvalue weighted by molar-refractivity contribution is 0.218. The number of aromatic nitrogens is 1. The van der Waals surface area contributed by atoms with Crippen molar-refractivity contribution < 1.29 is 4.79 Å². The second kappa shape index (κ2) is 7.22. The summed E-state index contributed by atoms with van der Waals surface area (Å²) in [5.74, 6) is 6.03. The molecule has 5 N–H and O–H groups in total. The molecular formula is C10H16Cl2N6O. The van der Waals surface area contributed by atoms with Crippen LogP contribution in [0.1, 0.15) is 0 Å². The maximum absolute atomic E-state index is 11.3. The SMILES string of the molecule is CN(C)C(=O)NCCNc1nc(NN)c(Cl)cc1Cl. The molecular weight excluding hydrogens is 291 g/mol. The van der Waals surface area contributed by atoms with Crippen LogP contribution in [0.3, 0.4) is 0 Å². The molecule has 0 atom stereocenters. The molecule has 1 aromatic heterocycles. The molecule has 0 aromatic carbocycles. The predicted molar refractivity (Wildman–Crippen MR) is 77.6 cm³/mol. The number of rotatable bonds is 5. The van der Waals surface area contributed by atoms with Gasteiger partial charge < -0.3 is 21.0 Å². The fourth-order valence-corrected chi connectivity index (χ4v) is 1.68. The van der Waals surface area contributed by atoms with Crippen molar-refractivity contribution in [3.05, 3.63) is 16.1 Å². The summed E-state index contributed by atoms with van der Waals surface area (Å²) in [4.78, 5) is 16.8. The van der Waals surface area contributed by atoms with Gasteiger partial charge in [0, 0.05) is 27.2 Å². The number of nitrogens with zero attached hydrogens (tertiary/aromatic N) is 2. The maximum atomic E-state index is 11.3. The number of carbonyl (C=O) groups is 1. The first-order valence-corrected chi connectivity index (χ1v) is 6.23. The lowest BCUT2D eigenvalue weighted by atomic mass is 10.4. The number of hydrogen-bond donors (Lipinski definition) is 4. The monoisotopic (exact) mass is 306 g/mol. The number of amides is 2. The van der Waals surface area contributed by atoms with E-state index in [9.17, 15) is 4.79 Å². The third-order valence-corrected chi connectivity index (χ3v) is 2.74. The standard InChI is InChI=1S/C10H16Cl2N6O/c1-18(2)10(19)15-4-3-14-8-6(11)5-7(12)9(16-8)17-13/h5H,3-4,13H2,1-2H3,(H,15,19)(H2,14,16,17). The van der Waals surface area contributed by atoms with Crippen LogP contribution in [0.25, 0.3) is 0 Å². The minimum Gasteiger partial charge on any atom is -0.367 e. The molecule has 0 saturated heterocycles. The highest BCUT2D eigenvalue weighted by Crippen LogP contribution is 2.28. The van der Waals surface area contributed by atoms with Crippen molar-refractivity contribution in [2.45, 2.75) is 0 Å². The first-order chi connectivity index (χ1) is 8.95. The summed E-state index contributed by atoms with van der Waals surface area (Å²) in [7, 11) is 3.33. The van der Waals surface area contributed by atoms with Crippen LogP contribution in [-0.2, 0) is 0 Å². The van der Waals surface area contributed by atoms with Crippen molar-refractivity contribution in [2.75, 3.05) is 37.9 Å². The van der Waals surface area contributed by atoms with Gasteiger partial charge in [-0.05, 0) is 6.07 Å². The van der Waals surface area contributed by atoms with Crippen LogP contribution < -0.4 is 21.9 Å². The van der Waals surface area contributed by atoms with Gasteiger partial charge in [-0.1, -0.05) is 23.2 Å². The van der Waals surface area contributed by atoms with Crippen molar-refractivity contribution in [1.82, 2.24) is 15.2 Å². The van der Waals surface area contributed by atoms with Crippen LogP contribution in [-0.4, -0.2) is 43.1 Å². The highest BCUT2D eigenvalue weighted by molar-refractivity contribution is 6.37. The Morgan fingerprint density at radius 2 is 1.95 bits per heavy atom. The molecule has 19 heavy (non-hydrogen) atoms. The van der Waals surface area contributed by atoms with Gasteiger partial charge in [-0.3, -0.25) is 0 Å². The van der Waals surface area contributed by atoms with E-state index in [1.165, 1.54) is 11.0 Å². The Bertz CT molecular complexity index is 454. The van der Waals surface area contributed by atoms with E-state index >= 15 is 0 Å². The number of carbonyl (C=O) groups excluding carboxylic acids is 1. The Balaban J connectivity index is 2.52. The number of halogens is 2. The van der Waals surface area contributed by atoms with Crippen LogP contribution in [0.5, 0.6) is 0 Å². The van der Waals surface area contributed by atoms with Gasteiger partial charge in [0.15, 0.2) is 5.82 Å². The first kappa shape index (κ1) is 15.6. The molecule has 1 rings (SSSR count). The zero-order valence-electron chi connectivity index (χ0n) is 10.6. The van der Waals surface area contributed by atoms with Crippen molar-refractivity contribution in [3.63, 3.8) is 0 Å². The zero-order valence-corrected chi connectivity index (χ0v) is 12.1. The van der Waals surface area contributed by atoms with E-state index in [2.05, 4.69) is 21.0 Å². The molecule has 0 radical (unpaired) electrons. The molecule has 0 aliphatic rings. The van der Waals surface area contributed by atoms with Crippen LogP contribution in [0.4, 0.5) is 16.4 Å². The number of urea groups is 1. The number of pyridine rings is 1. The van der Waals surface area contributed by atoms with E-state index < -0.39 is 0 Å². The third kappa shape index (κ3) is 4.62. The number of hydrazine groups is 1. The smallest absolute Gasteiger partial charge is 0.316 e. The Hall–Kier alpha value is -1.44. The predicted octanol–water partition coefficient (Wildman–Crippen LogP) is 1.36. The maximum Gasteiger partial charge on any atom is 0.316 e. The van der Waals surface area contributed by atoms with E-state index in [0.29, 0.717) is 34.8 Å². The molecule has 0 bridgehead atoms. The molecule has 106 valence electrons. The fourth-order valence-electron chi connectivity index (χ4n) is 1.20. The van der Waals surface area contributed by atoms with Gasteiger partial charge in [0.05, 0.1) is 10.0 Å². The molecule has 0 saturated carbocycles. The molecule has 0 spiro atoms. The normalized spacial score (nSPS) is 9.95. The molecule has 0 fully saturated rings. The summed E-state index contributed by atoms with van der Waals surface area (Å²) in [6.07, 6.45) is 0. The Kier molecular flexibility index (Phi) is 5.94. The van der Waals surface area contributed by atoms with E-state index in [1.54, 1.807) is 14.1 Å². The highest BCUT2D eigenvalue weighted by Gasteiger charge is 2.08. The minimum atomic E-state index is -0.165. The summed E-state index contributed by atoms with van der Waals surface area (Å²) in [6, 6.07) is 1.37. The van der Waals surface area contributed by atoms with Crippen molar-refractivity contribution in [2.24, 2.45) is 5.84 Å². The third-order valence-electron chi connectivity index (χ3n) is 2.17. The van der Waals surface area contributed by atoms with Gasteiger partial charge in [-0.15, -0.1) is 0 Å². The Labute approximate surface area is 121 Å². The molecule has 7 nitrogen and oxygen atoms in total. The van der Waals surface area contributed by atoms with Gasteiger partial charge >= 0.3 is 6.03 Å². The number of nitrogens with one attached hydrogen (secondary N) is 3. The molecule has 1 heterocycles. The first-order valence-electron chi connectivity index (χ1n) is 5.47. The summed E-state index contributed by atoms with van der Waals surface area (Å²) in [6.45, 7) is 0.904. The van der Waals surface area contributed by atoms with E-state index in [0.717, 1.165) is 0 Å². The molecule has 0 unspecified atom stereocenters. The minimum absolute atomic E-state index is 0.165. The average Bonchev–Trinajstić information content (AvgIpc) is 2.36. The van der Waals surface area contributed by atoms with Gasteiger partial charge in [-0.25, -0.2) is 15.6 Å². The Morgan fingerprint density at radius 1 is 1.32 bits per heavy atom. The highest BCUT2D eigenvalue weighted by atomic mass is 35.5. The van der Waals surface area contributed by atoms with Crippen LogP contribution in [0.2, 0.25) is 10.0 Å². The second-order valence-electron chi connectivity index (χ2n) is 3.85. The molecule has 2 amide bonds. The topological polar surface area (TPSA) is 95.3 Å². The van der Waals surface area contributed by atoms with Crippen molar-refractivity contribution in [1.29, 1.82) is 0 Å². The van der Waals surface area contributed by atoms with E-state index in [-0.39, 0.29) is 6.03 Å². The summed E-state index contributed by atoms with van der Waals surface area (Å²) in [5.41, 5.74) is 2.37. The Morgan fingerprint density at radius 3 is 2.53 bits per heavy atom. The van der Waals surface area contributed by atoms with Gasteiger partial charge in [-0.2, -0.15) is 0 Å². The van der Waals surface area contributed by atoms with Gasteiger partial charge in [0.25, 0.3) is 0 Å². The lowest BCUT2D eigenvalue weighted by Crippen LogP contribution is -2.37. The fraction of sp³-hybridized carbons (Fsp3) is 0.400. The van der Waals surface area contributed by atoms with Crippen molar-refractivity contribution in [3.8, 4) is 0 Å². The van der Waals surface area contributed by atoms with Gasteiger partial charge in [0.2, 0.25) is 0 Å². The summed E-state index contributed by atoms with van der Waals surface area (Å²) < 4.78 is 0.